The molecule has 2 aliphatic carbocycles. The quantitative estimate of drug-likeness (QED) is 0.741. The third kappa shape index (κ3) is 1.46. The third-order valence-electron chi connectivity index (χ3n) is 7.02. The smallest absolute Gasteiger partial charge is 0.230 e. The highest BCUT2D eigenvalue weighted by Gasteiger charge is 2.73. The molecule has 2 atom stereocenters. The molecule has 1 amide bonds. The fourth-order valence-electron chi connectivity index (χ4n) is 4.73. The van der Waals surface area contributed by atoms with Crippen molar-refractivity contribution in [3.8, 4) is 0 Å². The number of likely N-dealkylation sites (N-methyl/N-ethyl adjacent to an activating group) is 1. The van der Waals surface area contributed by atoms with E-state index >= 15 is 0 Å². The summed E-state index contributed by atoms with van der Waals surface area (Å²) in [7, 11) is 2.18. The minimum absolute atomic E-state index is 0.204. The molecular formula is C16H27N2O2+. The number of amides is 1. The van der Waals surface area contributed by atoms with Crippen LogP contribution in [0.4, 0.5) is 0 Å². The van der Waals surface area contributed by atoms with E-state index in [2.05, 4.69) is 27.8 Å². The second kappa shape index (κ2) is 4.06. The van der Waals surface area contributed by atoms with E-state index in [0.717, 1.165) is 39.0 Å². The minimum atomic E-state index is -0.427. The Labute approximate surface area is 121 Å². The molecule has 2 bridgehead atoms. The Morgan fingerprint density at radius 1 is 1.15 bits per heavy atom. The number of ketones is 1. The van der Waals surface area contributed by atoms with Gasteiger partial charge in [-0.05, 0) is 18.3 Å². The van der Waals surface area contributed by atoms with Gasteiger partial charge in [0.2, 0.25) is 5.91 Å². The normalized spacial score (nSPS) is 40.4. The van der Waals surface area contributed by atoms with E-state index in [1.165, 1.54) is 4.90 Å². The van der Waals surface area contributed by atoms with Crippen LogP contribution in [-0.4, -0.2) is 49.8 Å². The number of hydrogen-bond acceptors (Lipinski definition) is 2. The van der Waals surface area contributed by atoms with E-state index in [4.69, 9.17) is 0 Å². The van der Waals surface area contributed by atoms with Gasteiger partial charge < -0.3 is 9.80 Å². The van der Waals surface area contributed by atoms with Gasteiger partial charge in [0.25, 0.3) is 0 Å². The molecule has 20 heavy (non-hydrogen) atoms. The molecule has 4 nitrogen and oxygen atoms in total. The summed E-state index contributed by atoms with van der Waals surface area (Å²) in [5.74, 6) is 0.562. The molecule has 3 fully saturated rings. The number of piperazine rings is 1. The van der Waals surface area contributed by atoms with E-state index in [-0.39, 0.29) is 16.7 Å². The number of nitrogens with zero attached hydrogens (tertiary/aromatic N) is 1. The maximum Gasteiger partial charge on any atom is 0.230 e. The molecule has 2 saturated carbocycles. The molecule has 4 heteroatoms. The van der Waals surface area contributed by atoms with E-state index in [1.54, 1.807) is 0 Å². The third-order valence-corrected chi connectivity index (χ3v) is 7.02. The number of nitrogens with one attached hydrogen (secondary N) is 1. The van der Waals surface area contributed by atoms with Gasteiger partial charge in [0, 0.05) is 11.8 Å². The second-order valence-corrected chi connectivity index (χ2v) is 7.89. The molecule has 1 aliphatic heterocycles. The Bertz CT molecular complexity index is 465. The average Bonchev–Trinajstić information content (AvgIpc) is 2.69. The molecule has 112 valence electrons. The highest BCUT2D eigenvalue weighted by Crippen LogP contribution is 2.70. The van der Waals surface area contributed by atoms with Crippen LogP contribution in [0.1, 0.15) is 40.0 Å². The van der Waals surface area contributed by atoms with Gasteiger partial charge in [0.1, 0.15) is 5.78 Å². The number of carbonyl (C=O) groups excluding carboxylic acids is 2. The Morgan fingerprint density at radius 3 is 2.20 bits per heavy atom. The lowest BCUT2D eigenvalue weighted by atomic mass is 9.64. The number of rotatable bonds is 1. The zero-order valence-electron chi connectivity index (χ0n) is 13.2. The van der Waals surface area contributed by atoms with Crippen molar-refractivity contribution in [1.29, 1.82) is 0 Å². The summed E-state index contributed by atoms with van der Waals surface area (Å²) in [4.78, 5) is 29.1. The predicted molar refractivity (Wildman–Crippen MR) is 76.4 cm³/mol. The van der Waals surface area contributed by atoms with Gasteiger partial charge in [-0.2, -0.15) is 0 Å². The molecule has 0 aromatic rings. The summed E-state index contributed by atoms with van der Waals surface area (Å²) in [5.41, 5.74) is -0.922. The monoisotopic (exact) mass is 279 g/mol. The first-order valence-corrected chi connectivity index (χ1v) is 7.89. The summed E-state index contributed by atoms with van der Waals surface area (Å²) in [6, 6.07) is 0. The van der Waals surface area contributed by atoms with Crippen molar-refractivity contribution in [3.05, 3.63) is 0 Å². The van der Waals surface area contributed by atoms with Gasteiger partial charge in [-0.25, -0.2) is 0 Å². The van der Waals surface area contributed by atoms with Crippen LogP contribution in [0.15, 0.2) is 0 Å². The first-order chi connectivity index (χ1) is 9.24. The molecule has 1 saturated heterocycles. The SMILES string of the molecule is C[NH+]1CCN(C(=O)C23CCC(C)(C(=O)C2)C3(C)C)CC1. The lowest BCUT2D eigenvalue weighted by Crippen LogP contribution is -3.12. The minimum Gasteiger partial charge on any atom is -0.334 e. The Morgan fingerprint density at radius 2 is 1.75 bits per heavy atom. The second-order valence-electron chi connectivity index (χ2n) is 7.89. The van der Waals surface area contributed by atoms with E-state index in [9.17, 15) is 9.59 Å². The summed E-state index contributed by atoms with van der Waals surface area (Å²) in [5, 5.41) is 0. The van der Waals surface area contributed by atoms with E-state index in [1.807, 2.05) is 4.90 Å². The highest BCUT2D eigenvalue weighted by molar-refractivity contribution is 5.99. The van der Waals surface area contributed by atoms with Crippen molar-refractivity contribution in [1.82, 2.24) is 4.90 Å². The van der Waals surface area contributed by atoms with Crippen LogP contribution in [0.5, 0.6) is 0 Å². The number of carbonyl (C=O) groups is 2. The van der Waals surface area contributed by atoms with Gasteiger partial charge in [-0.1, -0.05) is 20.8 Å². The largest absolute Gasteiger partial charge is 0.334 e. The van der Waals surface area contributed by atoms with Crippen molar-refractivity contribution in [2.24, 2.45) is 16.2 Å². The van der Waals surface area contributed by atoms with Gasteiger partial charge in [-0.15, -0.1) is 0 Å². The van der Waals surface area contributed by atoms with Crippen LogP contribution in [0, 0.1) is 16.2 Å². The molecular weight excluding hydrogens is 252 g/mol. The van der Waals surface area contributed by atoms with Crippen molar-refractivity contribution in [2.45, 2.75) is 40.0 Å². The predicted octanol–water partition coefficient (Wildman–Crippen LogP) is 0.129. The van der Waals surface area contributed by atoms with Crippen LogP contribution in [-0.2, 0) is 9.59 Å². The summed E-state index contributed by atoms with van der Waals surface area (Å²) in [6.45, 7) is 10.1. The van der Waals surface area contributed by atoms with Crippen LogP contribution in [0.3, 0.4) is 0 Å². The molecule has 2 unspecified atom stereocenters. The fourth-order valence-corrected chi connectivity index (χ4v) is 4.73. The molecule has 3 rings (SSSR count). The highest BCUT2D eigenvalue weighted by atomic mass is 16.2. The van der Waals surface area contributed by atoms with Crippen LogP contribution < -0.4 is 4.90 Å². The van der Waals surface area contributed by atoms with E-state index in [0.29, 0.717) is 12.2 Å². The Kier molecular flexibility index (Phi) is 2.85. The van der Waals surface area contributed by atoms with Crippen LogP contribution >= 0.6 is 0 Å². The van der Waals surface area contributed by atoms with Crippen LogP contribution in [0.2, 0.25) is 0 Å². The molecule has 3 aliphatic rings. The number of fused-ring (bicyclic) bond motifs is 2. The first-order valence-electron chi connectivity index (χ1n) is 7.89. The number of hydrogen-bond donors (Lipinski definition) is 1. The number of quaternary nitrogens is 1. The zero-order valence-corrected chi connectivity index (χ0v) is 13.2. The fraction of sp³-hybridized carbons (Fsp3) is 0.875. The van der Waals surface area contributed by atoms with Gasteiger partial charge in [-0.3, -0.25) is 9.59 Å². The summed E-state index contributed by atoms with van der Waals surface area (Å²) >= 11 is 0. The molecule has 0 radical (unpaired) electrons. The summed E-state index contributed by atoms with van der Waals surface area (Å²) < 4.78 is 0. The molecule has 0 aromatic heterocycles. The van der Waals surface area contributed by atoms with Crippen molar-refractivity contribution in [2.75, 3.05) is 33.2 Å². The molecule has 1 heterocycles. The summed E-state index contributed by atoms with van der Waals surface area (Å²) in [6.07, 6.45) is 2.23. The maximum absolute atomic E-state index is 13.2. The molecule has 0 spiro atoms. The zero-order chi connectivity index (χ0) is 14.8. The lowest BCUT2D eigenvalue weighted by Gasteiger charge is -2.42. The van der Waals surface area contributed by atoms with Gasteiger partial charge in [0.05, 0.1) is 38.6 Å². The average molecular weight is 279 g/mol. The van der Waals surface area contributed by atoms with E-state index < -0.39 is 5.41 Å². The van der Waals surface area contributed by atoms with Gasteiger partial charge in [0.15, 0.2) is 0 Å². The van der Waals surface area contributed by atoms with Gasteiger partial charge >= 0.3 is 0 Å². The topological polar surface area (TPSA) is 41.8 Å². The van der Waals surface area contributed by atoms with Crippen molar-refractivity contribution < 1.29 is 14.5 Å². The van der Waals surface area contributed by atoms with Crippen molar-refractivity contribution >= 4 is 11.7 Å². The maximum atomic E-state index is 13.2. The molecule has 0 aromatic carbocycles. The Balaban J connectivity index is 1.90. The lowest BCUT2D eigenvalue weighted by molar-refractivity contribution is -0.883. The standard InChI is InChI=1S/C16H26N2O2/c1-14(2)15(3)5-6-16(14,11-12(15)19)13(20)18-9-7-17(4)8-10-18/h5-11H2,1-4H3/p+1. The van der Waals surface area contributed by atoms with Crippen molar-refractivity contribution in [3.63, 3.8) is 0 Å². The van der Waals surface area contributed by atoms with Crippen LogP contribution in [0.25, 0.3) is 0 Å². The molecule has 1 N–H and O–H groups in total. The Hall–Kier alpha value is -0.900. The number of Topliss-reactive ketones (excluding diaryl/α,β-unsaturated/α-hetero) is 1. The first kappa shape index (κ1) is 14.1.